The van der Waals surface area contributed by atoms with E-state index in [4.69, 9.17) is 23.7 Å². The van der Waals surface area contributed by atoms with Crippen molar-refractivity contribution in [1.29, 1.82) is 0 Å². The normalized spacial score (nSPS) is 42.8. The van der Waals surface area contributed by atoms with Gasteiger partial charge in [0.1, 0.15) is 24.4 Å². The van der Waals surface area contributed by atoms with Gasteiger partial charge in [-0.2, -0.15) is 0 Å². The lowest BCUT2D eigenvalue weighted by molar-refractivity contribution is -0.344. The third kappa shape index (κ3) is 3.87. The summed E-state index contributed by atoms with van der Waals surface area (Å²) in [6, 6.07) is 0. The van der Waals surface area contributed by atoms with Crippen molar-refractivity contribution < 1.29 is 58.8 Å². The standard InChI is InChI=1S/C21H26O12/c1-8(23)10-5-21(33-18(10)28)4-3-9-11(17(27)29-2)7-30-19(13(9)21)32-20-16(26)15(25)14(24)12(6-22)31-20/h3-5,7-9,12-16,19-20,22-26H,6H2,1-2H3/t8?,9?,12-,13?,14+,15-,16-,19?,20?,21?/m0/s1. The van der Waals surface area contributed by atoms with Crippen molar-refractivity contribution in [3.05, 3.63) is 35.6 Å². The van der Waals surface area contributed by atoms with Crippen LogP contribution in [0.1, 0.15) is 6.92 Å². The van der Waals surface area contributed by atoms with E-state index < -0.39 is 79.1 Å². The van der Waals surface area contributed by atoms with Crippen LogP contribution in [-0.4, -0.2) is 99.9 Å². The predicted octanol–water partition coefficient (Wildman–Crippen LogP) is -2.38. The second kappa shape index (κ2) is 8.80. The zero-order chi connectivity index (χ0) is 24.1. The van der Waals surface area contributed by atoms with Crippen molar-refractivity contribution in [3.8, 4) is 0 Å². The average Bonchev–Trinajstić information content (AvgIpc) is 3.34. The van der Waals surface area contributed by atoms with E-state index in [0.717, 1.165) is 6.26 Å². The van der Waals surface area contributed by atoms with Crippen molar-refractivity contribution in [1.82, 2.24) is 0 Å². The molecule has 1 saturated heterocycles. The minimum atomic E-state index is -1.70. The van der Waals surface area contributed by atoms with Gasteiger partial charge < -0.3 is 49.2 Å². The molecule has 0 radical (unpaired) electrons. The Kier molecular flexibility index (Phi) is 6.35. The molecular weight excluding hydrogens is 444 g/mol. The maximum atomic E-state index is 12.4. The van der Waals surface area contributed by atoms with Crippen LogP contribution >= 0.6 is 0 Å². The van der Waals surface area contributed by atoms with Crippen LogP contribution in [0.5, 0.6) is 0 Å². The first-order valence-electron chi connectivity index (χ1n) is 10.4. The number of ether oxygens (including phenoxy) is 5. The number of methoxy groups -OCH3 is 1. The van der Waals surface area contributed by atoms with Gasteiger partial charge in [-0.3, -0.25) is 0 Å². The number of hydrogen-bond donors (Lipinski definition) is 5. The number of rotatable bonds is 5. The molecule has 12 heteroatoms. The molecule has 0 aromatic heterocycles. The van der Waals surface area contributed by atoms with E-state index in [9.17, 15) is 35.1 Å². The molecule has 5 N–H and O–H groups in total. The summed E-state index contributed by atoms with van der Waals surface area (Å²) in [5.41, 5.74) is -1.30. The lowest BCUT2D eigenvalue weighted by atomic mass is 9.78. The summed E-state index contributed by atoms with van der Waals surface area (Å²) in [6.45, 7) is 0.750. The van der Waals surface area contributed by atoms with Gasteiger partial charge in [-0.25, -0.2) is 9.59 Å². The first-order valence-corrected chi connectivity index (χ1v) is 10.4. The summed E-state index contributed by atoms with van der Waals surface area (Å²) in [4.78, 5) is 24.7. The van der Waals surface area contributed by atoms with Gasteiger partial charge in [-0.1, -0.05) is 6.08 Å². The highest BCUT2D eigenvalue weighted by atomic mass is 16.8. The van der Waals surface area contributed by atoms with Crippen LogP contribution in [0.25, 0.3) is 0 Å². The number of esters is 2. The van der Waals surface area contributed by atoms with Crippen molar-refractivity contribution in [2.24, 2.45) is 11.8 Å². The number of aliphatic hydroxyl groups is 5. The van der Waals surface area contributed by atoms with Crippen molar-refractivity contribution in [2.75, 3.05) is 13.7 Å². The second-order valence-corrected chi connectivity index (χ2v) is 8.33. The molecule has 3 heterocycles. The van der Waals surface area contributed by atoms with E-state index in [2.05, 4.69) is 0 Å². The van der Waals surface area contributed by atoms with Crippen molar-refractivity contribution >= 4 is 11.9 Å². The quantitative estimate of drug-likeness (QED) is 0.213. The Morgan fingerprint density at radius 2 is 1.94 bits per heavy atom. The number of carbonyl (C=O) groups is 2. The Morgan fingerprint density at radius 3 is 2.55 bits per heavy atom. The van der Waals surface area contributed by atoms with Gasteiger partial charge in [0.2, 0.25) is 6.29 Å². The Bertz CT molecular complexity index is 892. The van der Waals surface area contributed by atoms with Crippen LogP contribution in [0, 0.1) is 11.8 Å². The molecule has 0 aromatic rings. The van der Waals surface area contributed by atoms with Crippen LogP contribution in [-0.2, 0) is 33.3 Å². The van der Waals surface area contributed by atoms with Gasteiger partial charge in [0, 0.05) is 5.92 Å². The molecule has 4 aliphatic rings. The zero-order valence-electron chi connectivity index (χ0n) is 17.8. The third-order valence-corrected chi connectivity index (χ3v) is 6.33. The predicted molar refractivity (Wildman–Crippen MR) is 105 cm³/mol. The number of carbonyl (C=O) groups excluding carboxylic acids is 2. The lowest BCUT2D eigenvalue weighted by Gasteiger charge is -2.44. The summed E-state index contributed by atoms with van der Waals surface area (Å²) >= 11 is 0. The highest BCUT2D eigenvalue weighted by Crippen LogP contribution is 2.50. The van der Waals surface area contributed by atoms with Crippen LogP contribution < -0.4 is 0 Å². The van der Waals surface area contributed by atoms with E-state index in [1.807, 2.05) is 0 Å². The van der Waals surface area contributed by atoms with Crippen molar-refractivity contribution in [3.63, 3.8) is 0 Å². The van der Waals surface area contributed by atoms with Crippen LogP contribution in [0.15, 0.2) is 35.6 Å². The first kappa shape index (κ1) is 23.8. The number of fused-ring (bicyclic) bond motifs is 2. The highest BCUT2D eigenvalue weighted by Gasteiger charge is 2.59. The minimum Gasteiger partial charge on any atom is -0.471 e. The van der Waals surface area contributed by atoms with E-state index >= 15 is 0 Å². The Balaban J connectivity index is 1.67. The summed E-state index contributed by atoms with van der Waals surface area (Å²) in [6.07, 6.45) is -4.38. The molecule has 1 aliphatic carbocycles. The van der Waals surface area contributed by atoms with Crippen LogP contribution in [0.2, 0.25) is 0 Å². The molecule has 0 bridgehead atoms. The number of aliphatic hydroxyl groups excluding tert-OH is 5. The fraction of sp³-hybridized carbons (Fsp3) is 0.619. The molecule has 10 atom stereocenters. The Hall–Kier alpha value is -2.32. The maximum Gasteiger partial charge on any atom is 0.337 e. The Morgan fingerprint density at radius 1 is 1.21 bits per heavy atom. The minimum absolute atomic E-state index is 0.0149. The average molecular weight is 470 g/mol. The summed E-state index contributed by atoms with van der Waals surface area (Å²) in [7, 11) is 1.20. The Labute approximate surface area is 188 Å². The van der Waals surface area contributed by atoms with Gasteiger partial charge >= 0.3 is 11.9 Å². The highest BCUT2D eigenvalue weighted by molar-refractivity contribution is 5.94. The third-order valence-electron chi connectivity index (χ3n) is 6.33. The molecule has 12 nitrogen and oxygen atoms in total. The molecule has 182 valence electrons. The maximum absolute atomic E-state index is 12.4. The number of allylic oxidation sites excluding steroid dienone is 1. The van der Waals surface area contributed by atoms with Crippen molar-refractivity contribution in [2.45, 2.75) is 55.6 Å². The first-order chi connectivity index (χ1) is 15.6. The monoisotopic (exact) mass is 470 g/mol. The summed E-state index contributed by atoms with van der Waals surface area (Å²) in [5.74, 6) is -3.03. The molecule has 6 unspecified atom stereocenters. The van der Waals surface area contributed by atoms with Crippen LogP contribution in [0.3, 0.4) is 0 Å². The SMILES string of the molecule is COC(=O)C1=COC(OC2O[C@@H](CO)[C@@H](O)[C@H](O)[C@@H]2O)C2C1C=CC21C=C(C(C)O)C(=O)O1. The molecule has 3 aliphatic heterocycles. The van der Waals surface area contributed by atoms with Crippen LogP contribution in [0.4, 0.5) is 0 Å². The van der Waals surface area contributed by atoms with E-state index in [-0.39, 0.29) is 11.1 Å². The van der Waals surface area contributed by atoms with Gasteiger partial charge in [0.25, 0.3) is 0 Å². The molecule has 1 spiro atoms. The fourth-order valence-electron chi connectivity index (χ4n) is 4.57. The fourth-order valence-corrected chi connectivity index (χ4v) is 4.57. The van der Waals surface area contributed by atoms with E-state index in [0.29, 0.717) is 0 Å². The van der Waals surface area contributed by atoms with Gasteiger partial charge in [0.05, 0.1) is 43.1 Å². The molecule has 33 heavy (non-hydrogen) atoms. The summed E-state index contributed by atoms with van der Waals surface area (Å²) < 4.78 is 27.2. The molecule has 0 amide bonds. The largest absolute Gasteiger partial charge is 0.471 e. The lowest BCUT2D eigenvalue weighted by Crippen LogP contribution is -2.60. The summed E-state index contributed by atoms with van der Waals surface area (Å²) in [5, 5.41) is 49.8. The molecule has 1 fully saturated rings. The molecule has 0 saturated carbocycles. The molecule has 4 rings (SSSR count). The topological polar surface area (TPSA) is 181 Å². The second-order valence-electron chi connectivity index (χ2n) is 8.33. The van der Waals surface area contributed by atoms with Gasteiger partial charge in [-0.15, -0.1) is 0 Å². The van der Waals surface area contributed by atoms with E-state index in [1.165, 1.54) is 20.1 Å². The zero-order valence-corrected chi connectivity index (χ0v) is 17.8. The van der Waals surface area contributed by atoms with E-state index in [1.54, 1.807) is 12.2 Å². The molecular formula is C21H26O12. The smallest absolute Gasteiger partial charge is 0.337 e. The van der Waals surface area contributed by atoms with Gasteiger partial charge in [-0.05, 0) is 19.1 Å². The van der Waals surface area contributed by atoms with Gasteiger partial charge in [0.15, 0.2) is 11.9 Å². The number of hydrogen-bond acceptors (Lipinski definition) is 12. The molecule has 0 aromatic carbocycles.